The number of hydrogen-bond acceptors (Lipinski definition) is 5. The molecule has 4 rings (SSSR count). The number of aryl methyl sites for hydroxylation is 1. The molecule has 3 N–H and O–H groups in total. The summed E-state index contributed by atoms with van der Waals surface area (Å²) in [5.74, 6) is -1.02. The van der Waals surface area contributed by atoms with Crippen molar-refractivity contribution in [2.75, 3.05) is 47.6 Å². The number of nitrogens with zero attached hydrogens (tertiary/aromatic N) is 3. The summed E-state index contributed by atoms with van der Waals surface area (Å²) in [7, 11) is 2.99. The van der Waals surface area contributed by atoms with E-state index in [9.17, 15) is 27.6 Å². The number of halogens is 3. The zero-order valence-electron chi connectivity index (χ0n) is 22.9. The minimum atomic E-state index is -4.57. The molecule has 1 saturated heterocycles. The molecule has 1 aromatic heterocycles. The Morgan fingerprint density at radius 2 is 1.63 bits per heavy atom. The van der Waals surface area contributed by atoms with Crippen LogP contribution < -0.4 is 25.8 Å². The number of amides is 4. The summed E-state index contributed by atoms with van der Waals surface area (Å²) in [5.41, 5.74) is 1.46. The van der Waals surface area contributed by atoms with Crippen LogP contribution in [0.2, 0.25) is 0 Å². The van der Waals surface area contributed by atoms with Crippen molar-refractivity contribution in [3.63, 3.8) is 0 Å². The fourth-order valence-electron chi connectivity index (χ4n) is 4.51. The molecule has 4 amide bonds. The Hall–Kier alpha value is -4.61. The fraction of sp³-hybridized carbons (Fsp3) is 0.310. The fourth-order valence-corrected chi connectivity index (χ4v) is 4.51. The second-order valence-electron chi connectivity index (χ2n) is 9.73. The highest BCUT2D eigenvalue weighted by atomic mass is 19.4. The van der Waals surface area contributed by atoms with Crippen LogP contribution in [-0.4, -0.2) is 50.0 Å². The number of aromatic nitrogens is 1. The number of piperidine rings is 1. The number of benzene rings is 2. The van der Waals surface area contributed by atoms with Crippen molar-refractivity contribution < 1.29 is 27.6 Å². The molecule has 41 heavy (non-hydrogen) atoms. The maximum atomic E-state index is 13.5. The number of rotatable bonds is 6. The zero-order valence-corrected chi connectivity index (χ0v) is 22.9. The van der Waals surface area contributed by atoms with Crippen molar-refractivity contribution in [1.82, 2.24) is 10.3 Å². The van der Waals surface area contributed by atoms with E-state index in [2.05, 4.69) is 20.9 Å². The van der Waals surface area contributed by atoms with Crippen molar-refractivity contribution in [3.05, 3.63) is 77.1 Å². The number of nitrogens with one attached hydrogen (secondary N) is 3. The molecule has 0 unspecified atom stereocenters. The summed E-state index contributed by atoms with van der Waals surface area (Å²) < 4.78 is 40.5. The first-order valence-electron chi connectivity index (χ1n) is 13.1. The van der Waals surface area contributed by atoms with Crippen molar-refractivity contribution >= 4 is 40.6 Å². The second kappa shape index (κ2) is 12.3. The van der Waals surface area contributed by atoms with E-state index in [4.69, 9.17) is 0 Å². The number of pyridine rings is 1. The molecular weight excluding hydrogens is 537 g/mol. The van der Waals surface area contributed by atoms with Crippen molar-refractivity contribution in [2.24, 2.45) is 0 Å². The third-order valence-electron chi connectivity index (χ3n) is 6.91. The Morgan fingerprint density at radius 1 is 0.902 bits per heavy atom. The quantitative estimate of drug-likeness (QED) is 0.355. The first-order chi connectivity index (χ1) is 19.5. The van der Waals surface area contributed by atoms with E-state index in [0.717, 1.165) is 31.4 Å². The van der Waals surface area contributed by atoms with E-state index in [0.29, 0.717) is 35.7 Å². The van der Waals surface area contributed by atoms with Crippen LogP contribution in [-0.2, 0) is 6.18 Å². The molecule has 2 aromatic carbocycles. The Kier molecular flexibility index (Phi) is 8.80. The van der Waals surface area contributed by atoms with Gasteiger partial charge in [-0.15, -0.1) is 0 Å². The Balaban J connectivity index is 1.56. The van der Waals surface area contributed by atoms with E-state index in [1.54, 1.807) is 19.1 Å². The van der Waals surface area contributed by atoms with Crippen LogP contribution in [0.4, 0.5) is 40.7 Å². The Bertz CT molecular complexity index is 1450. The molecular formula is C29H31F3N6O3. The largest absolute Gasteiger partial charge is 0.416 e. The highest BCUT2D eigenvalue weighted by molar-refractivity contribution is 6.08. The van der Waals surface area contributed by atoms with Gasteiger partial charge in [-0.05, 0) is 74.2 Å². The van der Waals surface area contributed by atoms with Crippen LogP contribution in [0, 0.1) is 6.92 Å². The number of alkyl halides is 3. The van der Waals surface area contributed by atoms with Crippen LogP contribution in [0.5, 0.6) is 0 Å². The molecule has 0 saturated carbocycles. The molecule has 0 atom stereocenters. The number of carbonyl (C=O) groups is 3. The average molecular weight is 569 g/mol. The van der Waals surface area contributed by atoms with E-state index < -0.39 is 29.6 Å². The smallest absolute Gasteiger partial charge is 0.370 e. The summed E-state index contributed by atoms with van der Waals surface area (Å²) >= 11 is 0. The van der Waals surface area contributed by atoms with E-state index in [1.165, 1.54) is 49.5 Å². The highest BCUT2D eigenvalue weighted by Gasteiger charge is 2.32. The van der Waals surface area contributed by atoms with Crippen molar-refractivity contribution in [3.8, 4) is 0 Å². The van der Waals surface area contributed by atoms with Gasteiger partial charge in [-0.25, -0.2) is 4.79 Å². The molecule has 0 bridgehead atoms. The van der Waals surface area contributed by atoms with Crippen LogP contribution in [0.15, 0.2) is 54.7 Å². The SMILES string of the molecule is CNC(=O)c1cc(N(C)C(=O)Nc2cc(C(=O)Nc3cc(C(F)(F)F)ccc3N3CCCCC3)ccc2C)ccn1. The number of anilines is 4. The normalized spacial score (nSPS) is 13.4. The molecule has 1 aliphatic heterocycles. The number of hydrogen-bond donors (Lipinski definition) is 3. The summed E-state index contributed by atoms with van der Waals surface area (Å²) in [6, 6.07) is 10.5. The lowest BCUT2D eigenvalue weighted by molar-refractivity contribution is -0.137. The van der Waals surface area contributed by atoms with Gasteiger partial charge in [-0.2, -0.15) is 13.2 Å². The third-order valence-corrected chi connectivity index (χ3v) is 6.91. The predicted octanol–water partition coefficient (Wildman–Crippen LogP) is 5.68. The van der Waals surface area contributed by atoms with Gasteiger partial charge in [0.25, 0.3) is 11.8 Å². The van der Waals surface area contributed by atoms with E-state index in [1.807, 2.05) is 4.90 Å². The third kappa shape index (κ3) is 6.94. The maximum absolute atomic E-state index is 13.5. The van der Waals surface area contributed by atoms with Gasteiger partial charge in [0.1, 0.15) is 5.69 Å². The van der Waals surface area contributed by atoms with Gasteiger partial charge in [-0.3, -0.25) is 19.5 Å². The monoisotopic (exact) mass is 568 g/mol. The van der Waals surface area contributed by atoms with E-state index in [-0.39, 0.29) is 16.9 Å². The average Bonchev–Trinajstić information content (AvgIpc) is 2.97. The first kappa shape index (κ1) is 29.4. The molecule has 3 aromatic rings. The van der Waals surface area contributed by atoms with Crippen LogP contribution in [0.1, 0.15) is 51.2 Å². The topological polar surface area (TPSA) is 107 Å². The minimum Gasteiger partial charge on any atom is -0.370 e. The maximum Gasteiger partial charge on any atom is 0.416 e. The lowest BCUT2D eigenvalue weighted by Crippen LogP contribution is -2.32. The molecule has 12 heteroatoms. The van der Waals surface area contributed by atoms with E-state index >= 15 is 0 Å². The Labute approximate surface area is 235 Å². The molecule has 1 aliphatic rings. The van der Waals surface area contributed by atoms with Crippen LogP contribution >= 0.6 is 0 Å². The lowest BCUT2D eigenvalue weighted by Gasteiger charge is -2.31. The van der Waals surface area contributed by atoms with Gasteiger partial charge in [0.2, 0.25) is 0 Å². The number of urea groups is 1. The van der Waals surface area contributed by atoms with Gasteiger partial charge < -0.3 is 20.9 Å². The lowest BCUT2D eigenvalue weighted by atomic mass is 10.1. The van der Waals surface area contributed by atoms with Gasteiger partial charge >= 0.3 is 12.2 Å². The van der Waals surface area contributed by atoms with Gasteiger partial charge in [0, 0.05) is 50.3 Å². The molecule has 0 aliphatic carbocycles. The van der Waals surface area contributed by atoms with Crippen LogP contribution in [0.3, 0.4) is 0 Å². The summed E-state index contributed by atoms with van der Waals surface area (Å²) in [6.07, 6.45) is -0.287. The summed E-state index contributed by atoms with van der Waals surface area (Å²) in [5, 5.41) is 7.88. The predicted molar refractivity (Wildman–Crippen MR) is 152 cm³/mol. The molecule has 1 fully saturated rings. The Morgan fingerprint density at radius 3 is 2.32 bits per heavy atom. The van der Waals surface area contributed by atoms with Gasteiger partial charge in [0.05, 0.1) is 16.9 Å². The standard InChI is InChI=1S/C29H31F3N6O3/c1-18-7-8-19(15-22(18)36-28(41)37(3)21-11-12-34-24(17-21)27(40)33-2)26(39)35-23-16-20(29(30,31)32)9-10-25(23)38-13-5-4-6-14-38/h7-12,15-17H,4-6,13-14H2,1-3H3,(H,33,40)(H,35,39)(H,36,41). The summed E-state index contributed by atoms with van der Waals surface area (Å²) in [6.45, 7) is 3.11. The summed E-state index contributed by atoms with van der Waals surface area (Å²) in [4.78, 5) is 45.5. The molecule has 2 heterocycles. The first-order valence-corrected chi connectivity index (χ1v) is 13.1. The van der Waals surface area contributed by atoms with Gasteiger partial charge in [0.15, 0.2) is 0 Å². The van der Waals surface area contributed by atoms with Crippen molar-refractivity contribution in [2.45, 2.75) is 32.4 Å². The molecule has 0 radical (unpaired) electrons. The zero-order chi connectivity index (χ0) is 29.7. The molecule has 216 valence electrons. The second-order valence-corrected chi connectivity index (χ2v) is 9.73. The van der Waals surface area contributed by atoms with Crippen LogP contribution in [0.25, 0.3) is 0 Å². The molecule has 0 spiro atoms. The highest BCUT2D eigenvalue weighted by Crippen LogP contribution is 2.36. The van der Waals surface area contributed by atoms with Crippen molar-refractivity contribution in [1.29, 1.82) is 0 Å². The van der Waals surface area contributed by atoms with Gasteiger partial charge in [-0.1, -0.05) is 6.07 Å². The molecule has 9 nitrogen and oxygen atoms in total. The minimum absolute atomic E-state index is 0.0715. The number of carbonyl (C=O) groups excluding carboxylic acids is 3.